The number of Topliss-reactive ketones (excluding diaryl/α,β-unsaturated/α-hetero) is 1. The second-order valence-corrected chi connectivity index (χ2v) is 8.40. The highest BCUT2D eigenvalue weighted by molar-refractivity contribution is 7.89. The first-order valence-corrected chi connectivity index (χ1v) is 10.7. The van der Waals surface area contributed by atoms with E-state index in [2.05, 4.69) is 19.6 Å². The predicted molar refractivity (Wildman–Crippen MR) is 105 cm³/mol. The topological polar surface area (TPSA) is 101 Å². The van der Waals surface area contributed by atoms with Crippen LogP contribution in [0, 0.1) is 6.92 Å². The standard InChI is InChI=1S/C19H24N4O4S/c1-14(24)16-6-5-7-17(12-16)28(25,26)20-8-11-27-19-13-18(21-15(2)22-19)23-9-3-4-10-23/h5-7,12-13,20H,3-4,8-11H2,1-2H3. The van der Waals surface area contributed by atoms with Crippen LogP contribution >= 0.6 is 0 Å². The molecule has 1 aromatic heterocycles. The van der Waals surface area contributed by atoms with E-state index in [0.717, 1.165) is 31.7 Å². The summed E-state index contributed by atoms with van der Waals surface area (Å²) in [6.07, 6.45) is 2.29. The molecular formula is C19H24N4O4S. The normalized spacial score (nSPS) is 14.3. The number of sulfonamides is 1. The number of nitrogens with one attached hydrogen (secondary N) is 1. The third-order valence-electron chi connectivity index (χ3n) is 4.43. The van der Waals surface area contributed by atoms with Crippen molar-refractivity contribution in [3.05, 3.63) is 41.7 Å². The molecule has 1 aliphatic heterocycles. The lowest BCUT2D eigenvalue weighted by molar-refractivity contribution is 0.101. The Kier molecular flexibility index (Phi) is 6.25. The van der Waals surface area contributed by atoms with Gasteiger partial charge < -0.3 is 9.64 Å². The number of aryl methyl sites for hydroxylation is 1. The van der Waals surface area contributed by atoms with Crippen LogP contribution in [0.1, 0.15) is 35.9 Å². The van der Waals surface area contributed by atoms with Gasteiger partial charge in [0.1, 0.15) is 18.2 Å². The monoisotopic (exact) mass is 404 g/mol. The first kappa shape index (κ1) is 20.2. The number of ketones is 1. The van der Waals surface area contributed by atoms with Crippen molar-refractivity contribution in [2.24, 2.45) is 0 Å². The average molecular weight is 404 g/mol. The summed E-state index contributed by atoms with van der Waals surface area (Å²) in [6, 6.07) is 7.72. The highest BCUT2D eigenvalue weighted by Crippen LogP contribution is 2.21. The van der Waals surface area contributed by atoms with E-state index in [1.165, 1.54) is 19.1 Å². The molecule has 9 heteroatoms. The zero-order valence-electron chi connectivity index (χ0n) is 16.0. The Morgan fingerprint density at radius 1 is 1.21 bits per heavy atom. The Morgan fingerprint density at radius 3 is 2.68 bits per heavy atom. The number of hydrogen-bond donors (Lipinski definition) is 1. The minimum Gasteiger partial charge on any atom is -0.476 e. The Labute approximate surface area is 165 Å². The SMILES string of the molecule is CC(=O)c1cccc(S(=O)(=O)NCCOc2cc(N3CCCC3)nc(C)n2)c1. The molecule has 1 aromatic carbocycles. The van der Waals surface area contributed by atoms with Crippen molar-refractivity contribution in [2.45, 2.75) is 31.6 Å². The first-order valence-electron chi connectivity index (χ1n) is 9.19. The van der Waals surface area contributed by atoms with E-state index in [4.69, 9.17) is 4.74 Å². The van der Waals surface area contributed by atoms with Gasteiger partial charge >= 0.3 is 0 Å². The van der Waals surface area contributed by atoms with Crippen LogP contribution in [0.5, 0.6) is 5.88 Å². The van der Waals surface area contributed by atoms with E-state index in [9.17, 15) is 13.2 Å². The summed E-state index contributed by atoms with van der Waals surface area (Å²) >= 11 is 0. The van der Waals surface area contributed by atoms with Crippen LogP contribution in [0.4, 0.5) is 5.82 Å². The highest BCUT2D eigenvalue weighted by atomic mass is 32.2. The smallest absolute Gasteiger partial charge is 0.240 e. The highest BCUT2D eigenvalue weighted by Gasteiger charge is 2.17. The molecule has 150 valence electrons. The summed E-state index contributed by atoms with van der Waals surface area (Å²) in [5.74, 6) is 1.68. The third-order valence-corrected chi connectivity index (χ3v) is 5.88. The van der Waals surface area contributed by atoms with Crippen molar-refractivity contribution in [3.63, 3.8) is 0 Å². The van der Waals surface area contributed by atoms with Gasteiger partial charge in [-0.2, -0.15) is 4.98 Å². The number of carbonyl (C=O) groups is 1. The maximum absolute atomic E-state index is 12.4. The number of ether oxygens (including phenoxy) is 1. The zero-order chi connectivity index (χ0) is 20.1. The maximum Gasteiger partial charge on any atom is 0.240 e. The van der Waals surface area contributed by atoms with E-state index in [-0.39, 0.29) is 23.8 Å². The zero-order valence-corrected chi connectivity index (χ0v) is 16.8. The maximum atomic E-state index is 12.4. The lowest BCUT2D eigenvalue weighted by Crippen LogP contribution is -2.28. The first-order chi connectivity index (χ1) is 13.3. The van der Waals surface area contributed by atoms with Crippen molar-refractivity contribution in [1.82, 2.24) is 14.7 Å². The molecule has 2 aromatic rings. The van der Waals surface area contributed by atoms with Gasteiger partial charge in [-0.15, -0.1) is 0 Å². The number of anilines is 1. The van der Waals surface area contributed by atoms with Gasteiger partial charge in [-0.1, -0.05) is 12.1 Å². The summed E-state index contributed by atoms with van der Waals surface area (Å²) < 4.78 is 32.9. The minimum atomic E-state index is -3.72. The van der Waals surface area contributed by atoms with Gasteiger partial charge in [0.05, 0.1) is 4.90 Å². The van der Waals surface area contributed by atoms with Gasteiger partial charge in [-0.05, 0) is 38.8 Å². The van der Waals surface area contributed by atoms with Gasteiger partial charge in [-0.25, -0.2) is 18.1 Å². The lowest BCUT2D eigenvalue weighted by atomic mass is 10.2. The summed E-state index contributed by atoms with van der Waals surface area (Å²) in [7, 11) is -3.72. The van der Waals surface area contributed by atoms with Crippen molar-refractivity contribution >= 4 is 21.6 Å². The molecular weight excluding hydrogens is 380 g/mol. The van der Waals surface area contributed by atoms with Gasteiger partial charge in [0.15, 0.2) is 5.78 Å². The molecule has 1 aliphatic rings. The number of aromatic nitrogens is 2. The fraction of sp³-hybridized carbons (Fsp3) is 0.421. The summed E-state index contributed by atoms with van der Waals surface area (Å²) in [5, 5.41) is 0. The van der Waals surface area contributed by atoms with Gasteiger partial charge in [-0.3, -0.25) is 4.79 Å². The fourth-order valence-corrected chi connectivity index (χ4v) is 4.06. The van der Waals surface area contributed by atoms with Gasteiger partial charge in [0, 0.05) is 31.3 Å². The molecule has 0 atom stereocenters. The third kappa shape index (κ3) is 5.05. The van der Waals surface area contributed by atoms with E-state index in [0.29, 0.717) is 17.3 Å². The van der Waals surface area contributed by atoms with Crippen LogP contribution in [-0.4, -0.2) is 50.4 Å². The van der Waals surface area contributed by atoms with E-state index >= 15 is 0 Å². The van der Waals surface area contributed by atoms with Crippen LogP contribution in [-0.2, 0) is 10.0 Å². The largest absolute Gasteiger partial charge is 0.476 e. The minimum absolute atomic E-state index is 0.0504. The molecule has 0 aliphatic carbocycles. The summed E-state index contributed by atoms with van der Waals surface area (Å²) in [4.78, 5) is 22.4. The average Bonchev–Trinajstić information content (AvgIpc) is 3.20. The molecule has 0 amide bonds. The van der Waals surface area contributed by atoms with Crippen LogP contribution in [0.25, 0.3) is 0 Å². The molecule has 0 saturated carbocycles. The molecule has 2 heterocycles. The second-order valence-electron chi connectivity index (χ2n) is 6.64. The van der Waals surface area contributed by atoms with Crippen molar-refractivity contribution in [3.8, 4) is 5.88 Å². The fourth-order valence-electron chi connectivity index (χ4n) is 3.00. The Bertz CT molecular complexity index is 956. The Hall–Kier alpha value is -2.52. The van der Waals surface area contributed by atoms with Crippen LogP contribution < -0.4 is 14.4 Å². The Morgan fingerprint density at radius 2 is 1.96 bits per heavy atom. The van der Waals surface area contributed by atoms with E-state index in [1.807, 2.05) is 0 Å². The summed E-state index contributed by atoms with van der Waals surface area (Å²) in [6.45, 7) is 5.34. The Balaban J connectivity index is 1.58. The number of carbonyl (C=O) groups excluding carboxylic acids is 1. The molecule has 0 spiro atoms. The molecule has 8 nitrogen and oxygen atoms in total. The molecule has 0 bridgehead atoms. The lowest BCUT2D eigenvalue weighted by Gasteiger charge is -2.17. The number of rotatable bonds is 8. The molecule has 3 rings (SSSR count). The van der Waals surface area contributed by atoms with Crippen LogP contribution in [0.2, 0.25) is 0 Å². The number of hydrogen-bond acceptors (Lipinski definition) is 7. The van der Waals surface area contributed by atoms with Crippen LogP contribution in [0.3, 0.4) is 0 Å². The molecule has 1 fully saturated rings. The van der Waals surface area contributed by atoms with Crippen molar-refractivity contribution in [2.75, 3.05) is 31.1 Å². The molecule has 28 heavy (non-hydrogen) atoms. The second kappa shape index (κ2) is 8.66. The number of benzene rings is 1. The van der Waals surface area contributed by atoms with E-state index < -0.39 is 10.0 Å². The predicted octanol–water partition coefficient (Wildman–Crippen LogP) is 1.95. The van der Waals surface area contributed by atoms with E-state index in [1.54, 1.807) is 25.1 Å². The quantitative estimate of drug-likeness (QED) is 0.530. The summed E-state index contributed by atoms with van der Waals surface area (Å²) in [5.41, 5.74) is 0.352. The molecule has 0 unspecified atom stereocenters. The van der Waals surface area contributed by atoms with Crippen molar-refractivity contribution in [1.29, 1.82) is 0 Å². The van der Waals surface area contributed by atoms with Crippen LogP contribution in [0.15, 0.2) is 35.2 Å². The van der Waals surface area contributed by atoms with Gasteiger partial charge in [0.2, 0.25) is 15.9 Å². The molecule has 1 N–H and O–H groups in total. The van der Waals surface area contributed by atoms with Gasteiger partial charge in [0.25, 0.3) is 0 Å². The van der Waals surface area contributed by atoms with Crippen molar-refractivity contribution < 1.29 is 17.9 Å². The molecule has 0 radical (unpaired) electrons. The number of nitrogens with zero attached hydrogens (tertiary/aromatic N) is 3. The molecule has 1 saturated heterocycles.